The molecule has 18 heavy (non-hydrogen) atoms. The summed E-state index contributed by atoms with van der Waals surface area (Å²) < 4.78 is 0.685. The number of halogens is 3. The second-order valence-corrected chi connectivity index (χ2v) is 6.34. The first-order chi connectivity index (χ1) is 8.34. The summed E-state index contributed by atoms with van der Waals surface area (Å²) in [5.41, 5.74) is 5.65. The highest BCUT2D eigenvalue weighted by molar-refractivity contribution is 9.10. The second kappa shape index (κ2) is 5.00. The third-order valence-electron chi connectivity index (χ3n) is 3.20. The van der Waals surface area contributed by atoms with Crippen LogP contribution in [0, 0.1) is 5.92 Å². The van der Waals surface area contributed by atoms with Crippen LogP contribution in [0.4, 0.5) is 5.69 Å². The van der Waals surface area contributed by atoms with Crippen molar-refractivity contribution in [1.29, 1.82) is 0 Å². The van der Waals surface area contributed by atoms with E-state index in [0.29, 0.717) is 20.2 Å². The number of rotatable bonds is 3. The van der Waals surface area contributed by atoms with Crippen LogP contribution in [0.1, 0.15) is 19.8 Å². The molecule has 0 spiro atoms. The minimum atomic E-state index is -0.858. The summed E-state index contributed by atoms with van der Waals surface area (Å²) in [4.78, 5) is 12.1. The van der Waals surface area contributed by atoms with Gasteiger partial charge in [0.05, 0.1) is 21.3 Å². The summed E-state index contributed by atoms with van der Waals surface area (Å²) in [5, 5.41) is 3.42. The minimum absolute atomic E-state index is 0.231. The molecule has 1 aromatic rings. The molecule has 3 N–H and O–H groups in total. The van der Waals surface area contributed by atoms with Crippen molar-refractivity contribution in [3.05, 3.63) is 26.7 Å². The Hall–Kier alpha value is -0.290. The lowest BCUT2D eigenvalue weighted by Gasteiger charge is -2.23. The van der Waals surface area contributed by atoms with Gasteiger partial charge in [0.25, 0.3) is 0 Å². The van der Waals surface area contributed by atoms with Crippen LogP contribution in [-0.2, 0) is 4.79 Å². The molecule has 0 aliphatic heterocycles. The van der Waals surface area contributed by atoms with E-state index in [1.54, 1.807) is 19.1 Å². The predicted octanol–water partition coefficient (Wildman–Crippen LogP) is 3.82. The molecule has 0 heterocycles. The summed E-state index contributed by atoms with van der Waals surface area (Å²) in [5.74, 6) is 0.0208. The molecule has 0 bridgehead atoms. The van der Waals surface area contributed by atoms with E-state index in [2.05, 4.69) is 21.2 Å². The number of nitrogens with one attached hydrogen (secondary N) is 1. The number of benzene rings is 1. The fourth-order valence-corrected chi connectivity index (χ4v) is 2.57. The van der Waals surface area contributed by atoms with E-state index < -0.39 is 5.54 Å². The minimum Gasteiger partial charge on any atom is -0.323 e. The largest absolute Gasteiger partial charge is 0.323 e. The summed E-state index contributed by atoms with van der Waals surface area (Å²) in [7, 11) is 0. The first-order valence-corrected chi connectivity index (χ1v) is 7.12. The highest BCUT2D eigenvalue weighted by atomic mass is 79.9. The molecular weight excluding hydrogens is 339 g/mol. The summed E-state index contributed by atoms with van der Waals surface area (Å²) in [6.45, 7) is 1.74. The molecule has 0 aromatic heterocycles. The summed E-state index contributed by atoms with van der Waals surface area (Å²) >= 11 is 15.3. The smallest absolute Gasteiger partial charge is 0.244 e. The van der Waals surface area contributed by atoms with Gasteiger partial charge in [-0.2, -0.15) is 0 Å². The Bertz CT molecular complexity index is 501. The first kappa shape index (κ1) is 14.1. The zero-order valence-corrected chi connectivity index (χ0v) is 12.9. The molecule has 1 atom stereocenters. The molecule has 1 unspecified atom stereocenters. The molecule has 1 fully saturated rings. The maximum atomic E-state index is 12.1. The lowest BCUT2D eigenvalue weighted by atomic mass is 9.96. The highest BCUT2D eigenvalue weighted by Crippen LogP contribution is 2.40. The SMILES string of the molecule is CC(N)(C(=O)Nc1ccc(Br)c(Cl)c1Cl)C1CC1. The Morgan fingerprint density at radius 1 is 1.44 bits per heavy atom. The third kappa shape index (κ3) is 2.67. The van der Waals surface area contributed by atoms with Crippen LogP contribution in [0.2, 0.25) is 10.0 Å². The maximum Gasteiger partial charge on any atom is 0.244 e. The molecule has 0 saturated heterocycles. The van der Waals surface area contributed by atoms with Crippen LogP contribution < -0.4 is 11.1 Å². The molecule has 1 saturated carbocycles. The van der Waals surface area contributed by atoms with Crippen molar-refractivity contribution >= 4 is 50.7 Å². The molecule has 1 aliphatic rings. The van der Waals surface area contributed by atoms with Gasteiger partial charge in [0.1, 0.15) is 0 Å². The Balaban J connectivity index is 2.19. The van der Waals surface area contributed by atoms with Crippen LogP contribution in [0.5, 0.6) is 0 Å². The summed E-state index contributed by atoms with van der Waals surface area (Å²) in [6, 6.07) is 3.42. The lowest BCUT2D eigenvalue weighted by Crippen LogP contribution is -2.50. The highest BCUT2D eigenvalue weighted by Gasteiger charge is 2.44. The molecule has 1 amide bonds. The maximum absolute atomic E-state index is 12.1. The van der Waals surface area contributed by atoms with Gasteiger partial charge >= 0.3 is 0 Å². The van der Waals surface area contributed by atoms with Crippen molar-refractivity contribution in [2.45, 2.75) is 25.3 Å². The Kier molecular flexibility index (Phi) is 3.93. The van der Waals surface area contributed by atoms with Crippen LogP contribution in [0.25, 0.3) is 0 Å². The molecule has 6 heteroatoms. The van der Waals surface area contributed by atoms with Crippen molar-refractivity contribution < 1.29 is 4.79 Å². The number of carbonyl (C=O) groups is 1. The van der Waals surface area contributed by atoms with E-state index in [0.717, 1.165) is 12.8 Å². The van der Waals surface area contributed by atoms with Gasteiger partial charge in [-0.05, 0) is 53.7 Å². The number of amides is 1. The van der Waals surface area contributed by atoms with Crippen LogP contribution in [-0.4, -0.2) is 11.4 Å². The standard InChI is InChI=1S/C12H13BrCl2N2O/c1-12(16,6-2-3-6)11(18)17-8-5-4-7(13)9(14)10(8)15/h4-6H,2-3,16H2,1H3,(H,17,18). The van der Waals surface area contributed by atoms with Gasteiger partial charge in [0, 0.05) is 4.47 Å². The Labute approximate surface area is 124 Å². The molecule has 1 aliphatic carbocycles. The van der Waals surface area contributed by atoms with Gasteiger partial charge < -0.3 is 11.1 Å². The number of carbonyl (C=O) groups excluding carboxylic acids is 1. The van der Waals surface area contributed by atoms with Crippen LogP contribution >= 0.6 is 39.1 Å². The van der Waals surface area contributed by atoms with Crippen molar-refractivity contribution in [2.75, 3.05) is 5.32 Å². The van der Waals surface area contributed by atoms with E-state index in [1.807, 2.05) is 0 Å². The number of anilines is 1. The fourth-order valence-electron chi connectivity index (χ4n) is 1.75. The molecular formula is C12H13BrCl2N2O. The first-order valence-electron chi connectivity index (χ1n) is 5.58. The number of hydrogen-bond acceptors (Lipinski definition) is 2. The van der Waals surface area contributed by atoms with Gasteiger partial charge in [-0.15, -0.1) is 0 Å². The average Bonchev–Trinajstić information content (AvgIpc) is 3.14. The van der Waals surface area contributed by atoms with E-state index in [9.17, 15) is 4.79 Å². The zero-order chi connectivity index (χ0) is 13.5. The monoisotopic (exact) mass is 350 g/mol. The van der Waals surface area contributed by atoms with Gasteiger partial charge in [-0.3, -0.25) is 4.79 Å². The quantitative estimate of drug-likeness (QED) is 0.813. The lowest BCUT2D eigenvalue weighted by molar-refractivity contribution is -0.121. The van der Waals surface area contributed by atoms with E-state index in [1.165, 1.54) is 0 Å². The van der Waals surface area contributed by atoms with Gasteiger partial charge in [-0.25, -0.2) is 0 Å². The number of nitrogens with two attached hydrogens (primary N) is 1. The molecule has 0 radical (unpaired) electrons. The second-order valence-electron chi connectivity index (χ2n) is 4.73. The van der Waals surface area contributed by atoms with Gasteiger partial charge in [-0.1, -0.05) is 23.2 Å². The Morgan fingerprint density at radius 2 is 2.06 bits per heavy atom. The normalized spacial score (nSPS) is 18.3. The molecule has 3 nitrogen and oxygen atoms in total. The topological polar surface area (TPSA) is 55.1 Å². The molecule has 98 valence electrons. The molecule has 1 aromatic carbocycles. The van der Waals surface area contributed by atoms with E-state index in [4.69, 9.17) is 28.9 Å². The third-order valence-corrected chi connectivity index (χ3v) is 4.97. The average molecular weight is 352 g/mol. The van der Waals surface area contributed by atoms with E-state index in [-0.39, 0.29) is 11.8 Å². The fraction of sp³-hybridized carbons (Fsp3) is 0.417. The van der Waals surface area contributed by atoms with Crippen molar-refractivity contribution in [1.82, 2.24) is 0 Å². The van der Waals surface area contributed by atoms with Gasteiger partial charge in [0.15, 0.2) is 0 Å². The number of hydrogen-bond donors (Lipinski definition) is 2. The Morgan fingerprint density at radius 3 is 2.61 bits per heavy atom. The van der Waals surface area contributed by atoms with Gasteiger partial charge in [0.2, 0.25) is 5.91 Å². The van der Waals surface area contributed by atoms with Crippen molar-refractivity contribution in [3.63, 3.8) is 0 Å². The zero-order valence-electron chi connectivity index (χ0n) is 9.77. The summed E-state index contributed by atoms with van der Waals surface area (Å²) in [6.07, 6.45) is 1.99. The van der Waals surface area contributed by atoms with Crippen molar-refractivity contribution in [2.24, 2.45) is 11.7 Å². The molecule has 2 rings (SSSR count). The van der Waals surface area contributed by atoms with Crippen LogP contribution in [0.3, 0.4) is 0 Å². The van der Waals surface area contributed by atoms with E-state index >= 15 is 0 Å². The predicted molar refractivity (Wildman–Crippen MR) is 78.1 cm³/mol. The van der Waals surface area contributed by atoms with Crippen LogP contribution in [0.15, 0.2) is 16.6 Å². The van der Waals surface area contributed by atoms with Crippen molar-refractivity contribution in [3.8, 4) is 0 Å².